The number of aromatic nitrogens is 1. The molecule has 16 heavy (non-hydrogen) atoms. The fourth-order valence-corrected chi connectivity index (χ4v) is 2.55. The molecule has 0 aliphatic carbocycles. The molecule has 1 aromatic rings. The van der Waals surface area contributed by atoms with Crippen molar-refractivity contribution in [1.29, 1.82) is 0 Å². The van der Waals surface area contributed by atoms with Crippen LogP contribution in [-0.2, 0) is 4.79 Å². The van der Waals surface area contributed by atoms with Gasteiger partial charge in [0.1, 0.15) is 0 Å². The number of aliphatic carboxylic acids is 1. The Balaban J connectivity index is 2.38. The van der Waals surface area contributed by atoms with Crippen molar-refractivity contribution in [3.05, 3.63) is 15.6 Å². The SMILES string of the molecule is Cc1nc(C)c(C(C)NCCCC(=O)O)s1. The van der Waals surface area contributed by atoms with Gasteiger partial charge in [-0.15, -0.1) is 11.3 Å². The van der Waals surface area contributed by atoms with E-state index in [0.717, 1.165) is 17.2 Å². The van der Waals surface area contributed by atoms with E-state index in [2.05, 4.69) is 17.2 Å². The molecule has 0 fully saturated rings. The summed E-state index contributed by atoms with van der Waals surface area (Å²) in [7, 11) is 0. The second-order valence-electron chi connectivity index (χ2n) is 3.86. The minimum Gasteiger partial charge on any atom is -0.481 e. The maximum absolute atomic E-state index is 10.3. The largest absolute Gasteiger partial charge is 0.481 e. The monoisotopic (exact) mass is 242 g/mol. The lowest BCUT2D eigenvalue weighted by Gasteiger charge is -2.11. The van der Waals surface area contributed by atoms with Crippen LogP contribution >= 0.6 is 11.3 Å². The summed E-state index contributed by atoms with van der Waals surface area (Å²) in [5, 5.41) is 12.9. The van der Waals surface area contributed by atoms with Gasteiger partial charge in [-0.1, -0.05) is 0 Å². The molecule has 1 heterocycles. The Morgan fingerprint density at radius 3 is 2.75 bits per heavy atom. The van der Waals surface area contributed by atoms with Gasteiger partial charge in [-0.2, -0.15) is 0 Å². The number of nitrogens with one attached hydrogen (secondary N) is 1. The van der Waals surface area contributed by atoms with Crippen molar-refractivity contribution >= 4 is 17.3 Å². The Labute approximate surface area is 99.7 Å². The van der Waals surface area contributed by atoms with Crippen LogP contribution in [0, 0.1) is 13.8 Å². The summed E-state index contributed by atoms with van der Waals surface area (Å²) in [6, 6.07) is 0.250. The zero-order valence-electron chi connectivity index (χ0n) is 9.91. The molecule has 1 rings (SSSR count). The van der Waals surface area contributed by atoms with E-state index in [9.17, 15) is 4.79 Å². The second-order valence-corrected chi connectivity index (χ2v) is 5.09. The van der Waals surface area contributed by atoms with Crippen molar-refractivity contribution in [2.75, 3.05) is 6.54 Å². The molecule has 0 aromatic carbocycles. The molecule has 2 N–H and O–H groups in total. The number of carbonyl (C=O) groups is 1. The zero-order valence-corrected chi connectivity index (χ0v) is 10.7. The predicted molar refractivity (Wildman–Crippen MR) is 64.9 cm³/mol. The lowest BCUT2D eigenvalue weighted by molar-refractivity contribution is -0.137. The molecular weight excluding hydrogens is 224 g/mol. The number of carboxylic acids is 1. The molecule has 0 bridgehead atoms. The molecule has 0 saturated heterocycles. The lowest BCUT2D eigenvalue weighted by Crippen LogP contribution is -2.20. The van der Waals surface area contributed by atoms with Crippen LogP contribution in [-0.4, -0.2) is 22.6 Å². The molecule has 4 nitrogen and oxygen atoms in total. The Kier molecular flexibility index (Phi) is 4.89. The Morgan fingerprint density at radius 2 is 2.25 bits per heavy atom. The first-order valence-corrected chi connectivity index (χ1v) is 6.21. The van der Waals surface area contributed by atoms with Gasteiger partial charge in [0, 0.05) is 17.3 Å². The molecule has 0 aliphatic heterocycles. The topological polar surface area (TPSA) is 62.2 Å². The summed E-state index contributed by atoms with van der Waals surface area (Å²) in [5.41, 5.74) is 1.07. The molecule has 0 amide bonds. The summed E-state index contributed by atoms with van der Waals surface area (Å²) in [5.74, 6) is -0.737. The lowest BCUT2D eigenvalue weighted by atomic mass is 10.2. The number of aryl methyl sites for hydroxylation is 2. The molecular formula is C11H18N2O2S. The van der Waals surface area contributed by atoms with E-state index in [0.29, 0.717) is 6.42 Å². The van der Waals surface area contributed by atoms with Crippen LogP contribution in [0.5, 0.6) is 0 Å². The average Bonchev–Trinajstić information content (AvgIpc) is 2.52. The van der Waals surface area contributed by atoms with Crippen molar-refractivity contribution < 1.29 is 9.90 Å². The summed E-state index contributed by atoms with van der Waals surface area (Å²) < 4.78 is 0. The smallest absolute Gasteiger partial charge is 0.303 e. The molecule has 0 saturated carbocycles. The van der Waals surface area contributed by atoms with E-state index >= 15 is 0 Å². The van der Waals surface area contributed by atoms with Gasteiger partial charge in [0.05, 0.1) is 10.7 Å². The van der Waals surface area contributed by atoms with E-state index in [1.165, 1.54) is 4.88 Å². The third-order valence-corrected chi connectivity index (χ3v) is 3.61. The van der Waals surface area contributed by atoms with Crippen LogP contribution in [0.4, 0.5) is 0 Å². The molecule has 90 valence electrons. The Morgan fingerprint density at radius 1 is 1.56 bits per heavy atom. The van der Waals surface area contributed by atoms with E-state index in [1.54, 1.807) is 11.3 Å². The first-order chi connectivity index (χ1) is 7.50. The molecule has 0 aliphatic rings. The van der Waals surface area contributed by atoms with Gasteiger partial charge >= 0.3 is 5.97 Å². The number of hydrogen-bond acceptors (Lipinski definition) is 4. The van der Waals surface area contributed by atoms with Crippen LogP contribution < -0.4 is 5.32 Å². The van der Waals surface area contributed by atoms with Crippen molar-refractivity contribution in [3.8, 4) is 0 Å². The van der Waals surface area contributed by atoms with Crippen LogP contribution in [0.2, 0.25) is 0 Å². The number of rotatable bonds is 6. The number of carboxylic acid groups (broad SMARTS) is 1. The van der Waals surface area contributed by atoms with E-state index < -0.39 is 5.97 Å². The maximum Gasteiger partial charge on any atom is 0.303 e. The summed E-state index contributed by atoms with van der Waals surface area (Å²) in [6.07, 6.45) is 0.886. The zero-order chi connectivity index (χ0) is 12.1. The molecule has 5 heteroatoms. The van der Waals surface area contributed by atoms with Crippen LogP contribution in [0.1, 0.15) is 41.4 Å². The number of nitrogens with zero attached hydrogens (tertiary/aromatic N) is 1. The van der Waals surface area contributed by atoms with Gasteiger partial charge in [-0.25, -0.2) is 4.98 Å². The normalized spacial score (nSPS) is 12.7. The minimum absolute atomic E-state index is 0.223. The van der Waals surface area contributed by atoms with Crippen molar-refractivity contribution in [3.63, 3.8) is 0 Å². The van der Waals surface area contributed by atoms with Crippen LogP contribution in [0.3, 0.4) is 0 Å². The minimum atomic E-state index is -0.737. The molecule has 1 aromatic heterocycles. The van der Waals surface area contributed by atoms with E-state index in [4.69, 9.17) is 5.11 Å². The van der Waals surface area contributed by atoms with Gasteiger partial charge in [-0.05, 0) is 33.7 Å². The highest BCUT2D eigenvalue weighted by atomic mass is 32.1. The van der Waals surface area contributed by atoms with Gasteiger partial charge in [0.25, 0.3) is 0 Å². The van der Waals surface area contributed by atoms with Gasteiger partial charge in [-0.3, -0.25) is 4.79 Å². The van der Waals surface area contributed by atoms with Crippen LogP contribution in [0.25, 0.3) is 0 Å². The fraction of sp³-hybridized carbons (Fsp3) is 0.636. The summed E-state index contributed by atoms with van der Waals surface area (Å²) in [4.78, 5) is 16.0. The van der Waals surface area contributed by atoms with Crippen molar-refractivity contribution in [2.24, 2.45) is 0 Å². The number of hydrogen-bond donors (Lipinski definition) is 2. The van der Waals surface area contributed by atoms with E-state index in [1.807, 2.05) is 13.8 Å². The quantitative estimate of drug-likeness (QED) is 0.751. The van der Waals surface area contributed by atoms with E-state index in [-0.39, 0.29) is 12.5 Å². The second kappa shape index (κ2) is 5.96. The number of thiazole rings is 1. The van der Waals surface area contributed by atoms with Gasteiger partial charge in [0.15, 0.2) is 0 Å². The summed E-state index contributed by atoms with van der Waals surface area (Å²) in [6.45, 7) is 6.82. The first kappa shape index (κ1) is 13.1. The molecule has 0 spiro atoms. The third kappa shape index (κ3) is 3.90. The highest BCUT2D eigenvalue weighted by molar-refractivity contribution is 7.11. The average molecular weight is 242 g/mol. The Hall–Kier alpha value is -0.940. The highest BCUT2D eigenvalue weighted by Gasteiger charge is 2.11. The summed E-state index contributed by atoms with van der Waals surface area (Å²) >= 11 is 1.70. The van der Waals surface area contributed by atoms with Crippen molar-refractivity contribution in [2.45, 2.75) is 39.7 Å². The van der Waals surface area contributed by atoms with Crippen LogP contribution in [0.15, 0.2) is 0 Å². The molecule has 1 unspecified atom stereocenters. The predicted octanol–water partition coefficient (Wildman–Crippen LogP) is 2.28. The molecule has 0 radical (unpaired) electrons. The van der Waals surface area contributed by atoms with Gasteiger partial charge < -0.3 is 10.4 Å². The molecule has 1 atom stereocenters. The third-order valence-electron chi connectivity index (χ3n) is 2.35. The maximum atomic E-state index is 10.3. The van der Waals surface area contributed by atoms with Gasteiger partial charge in [0.2, 0.25) is 0 Å². The van der Waals surface area contributed by atoms with Crippen molar-refractivity contribution in [1.82, 2.24) is 10.3 Å². The highest BCUT2D eigenvalue weighted by Crippen LogP contribution is 2.24. The Bertz CT molecular complexity index is 363. The standard InChI is InChI=1S/C11H18N2O2S/c1-7(12-6-4-5-10(14)15)11-8(2)13-9(3)16-11/h7,12H,4-6H2,1-3H3,(H,14,15). The fourth-order valence-electron chi connectivity index (χ4n) is 1.60. The first-order valence-electron chi connectivity index (χ1n) is 5.40.